The Morgan fingerprint density at radius 3 is 2.48 bits per heavy atom. The largest absolute Gasteiger partial charge is 0.465 e. The molecule has 0 aliphatic heterocycles. The third-order valence-corrected chi connectivity index (χ3v) is 4.09. The second-order valence-corrected chi connectivity index (χ2v) is 5.63. The highest BCUT2D eigenvalue weighted by atomic mass is 16.4. The summed E-state index contributed by atoms with van der Waals surface area (Å²) >= 11 is 0. The molecule has 0 saturated heterocycles. The van der Waals surface area contributed by atoms with Gasteiger partial charge in [-0.25, -0.2) is 4.79 Å². The summed E-state index contributed by atoms with van der Waals surface area (Å²) in [6, 6.07) is 6.81. The van der Waals surface area contributed by atoms with Crippen molar-refractivity contribution in [3.63, 3.8) is 0 Å². The molecule has 21 heavy (non-hydrogen) atoms. The first-order valence-electron chi connectivity index (χ1n) is 7.44. The van der Waals surface area contributed by atoms with Gasteiger partial charge in [0.2, 0.25) is 5.91 Å². The Labute approximate surface area is 124 Å². The maximum Gasteiger partial charge on any atom is 0.405 e. The number of hydrogen-bond acceptors (Lipinski definition) is 2. The summed E-state index contributed by atoms with van der Waals surface area (Å²) in [4.78, 5) is 23.4. The Bertz CT molecular complexity index is 510. The third-order valence-electron chi connectivity index (χ3n) is 4.09. The number of anilines is 1. The molecule has 114 valence electrons. The maximum atomic E-state index is 12.5. The number of nitrogens with one attached hydrogen (secondary N) is 2. The topological polar surface area (TPSA) is 78.4 Å². The number of carboxylic acid groups (broad SMARTS) is 1. The SMILES string of the molecule is Cc1ccccc1NC(=O)C(NC(=O)O)C1CCCCC1. The lowest BCUT2D eigenvalue weighted by molar-refractivity contribution is -0.119. The first-order chi connectivity index (χ1) is 10.1. The van der Waals surface area contributed by atoms with Gasteiger partial charge in [0.15, 0.2) is 0 Å². The molecular formula is C16H22N2O3. The van der Waals surface area contributed by atoms with Crippen LogP contribution in [0.15, 0.2) is 24.3 Å². The van der Waals surface area contributed by atoms with Crippen LogP contribution in [0.2, 0.25) is 0 Å². The van der Waals surface area contributed by atoms with E-state index in [-0.39, 0.29) is 11.8 Å². The van der Waals surface area contributed by atoms with Gasteiger partial charge in [0.1, 0.15) is 6.04 Å². The van der Waals surface area contributed by atoms with Crippen molar-refractivity contribution in [2.24, 2.45) is 5.92 Å². The van der Waals surface area contributed by atoms with Gasteiger partial charge in [0.25, 0.3) is 0 Å². The van der Waals surface area contributed by atoms with Gasteiger partial charge in [-0.1, -0.05) is 37.5 Å². The molecule has 1 unspecified atom stereocenters. The van der Waals surface area contributed by atoms with Crippen molar-refractivity contribution in [2.45, 2.75) is 45.1 Å². The van der Waals surface area contributed by atoms with E-state index < -0.39 is 12.1 Å². The summed E-state index contributed by atoms with van der Waals surface area (Å²) in [6.07, 6.45) is 3.92. The third kappa shape index (κ3) is 4.21. The van der Waals surface area contributed by atoms with Crippen molar-refractivity contribution in [1.82, 2.24) is 5.32 Å². The molecule has 1 atom stereocenters. The minimum atomic E-state index is -1.15. The zero-order valence-electron chi connectivity index (χ0n) is 12.3. The first kappa shape index (κ1) is 15.4. The van der Waals surface area contributed by atoms with Crippen LogP contribution < -0.4 is 10.6 Å². The average Bonchev–Trinajstić information content (AvgIpc) is 2.48. The minimum absolute atomic E-state index is 0.0823. The van der Waals surface area contributed by atoms with Crippen molar-refractivity contribution in [1.29, 1.82) is 0 Å². The number of amides is 2. The molecule has 2 rings (SSSR count). The van der Waals surface area contributed by atoms with Gasteiger partial charge in [-0.05, 0) is 37.3 Å². The monoisotopic (exact) mass is 290 g/mol. The lowest BCUT2D eigenvalue weighted by atomic mass is 9.83. The molecule has 5 heteroatoms. The van der Waals surface area contributed by atoms with Crippen LogP contribution in [0, 0.1) is 12.8 Å². The number of carbonyl (C=O) groups is 2. The van der Waals surface area contributed by atoms with Crippen molar-refractivity contribution in [2.75, 3.05) is 5.32 Å². The Balaban J connectivity index is 2.10. The van der Waals surface area contributed by atoms with Gasteiger partial charge in [-0.2, -0.15) is 0 Å². The molecule has 0 bridgehead atoms. The smallest absolute Gasteiger partial charge is 0.405 e. The van der Waals surface area contributed by atoms with E-state index in [2.05, 4.69) is 10.6 Å². The second-order valence-electron chi connectivity index (χ2n) is 5.63. The summed E-state index contributed by atoms with van der Waals surface area (Å²) in [6.45, 7) is 1.91. The lowest BCUT2D eigenvalue weighted by Crippen LogP contribution is -2.48. The van der Waals surface area contributed by atoms with Crippen LogP contribution in [0.3, 0.4) is 0 Å². The van der Waals surface area contributed by atoms with E-state index in [4.69, 9.17) is 5.11 Å². The molecule has 1 aliphatic rings. The lowest BCUT2D eigenvalue weighted by Gasteiger charge is -2.29. The molecule has 0 radical (unpaired) electrons. The quantitative estimate of drug-likeness (QED) is 0.797. The second kappa shape index (κ2) is 7.11. The highest BCUT2D eigenvalue weighted by molar-refractivity contribution is 5.97. The van der Waals surface area contributed by atoms with Crippen molar-refractivity contribution >= 4 is 17.7 Å². The van der Waals surface area contributed by atoms with E-state index in [1.807, 2.05) is 31.2 Å². The molecule has 5 nitrogen and oxygen atoms in total. The van der Waals surface area contributed by atoms with Crippen molar-refractivity contribution in [3.8, 4) is 0 Å². The van der Waals surface area contributed by atoms with Crippen LogP contribution in [0.1, 0.15) is 37.7 Å². The van der Waals surface area contributed by atoms with Gasteiger partial charge in [-0.15, -0.1) is 0 Å². The summed E-state index contributed by atoms with van der Waals surface area (Å²) in [7, 11) is 0. The number of aryl methyl sites for hydroxylation is 1. The number of para-hydroxylation sites is 1. The number of rotatable bonds is 4. The maximum absolute atomic E-state index is 12.5. The molecule has 1 aromatic rings. The van der Waals surface area contributed by atoms with E-state index in [9.17, 15) is 9.59 Å². The van der Waals surface area contributed by atoms with Gasteiger partial charge < -0.3 is 15.7 Å². The van der Waals surface area contributed by atoms with Crippen molar-refractivity contribution < 1.29 is 14.7 Å². The van der Waals surface area contributed by atoms with E-state index >= 15 is 0 Å². The predicted molar refractivity (Wildman–Crippen MR) is 81.3 cm³/mol. The number of carbonyl (C=O) groups excluding carboxylic acids is 1. The molecule has 3 N–H and O–H groups in total. The van der Waals surface area contributed by atoms with Crippen LogP contribution in [0.25, 0.3) is 0 Å². The van der Waals surface area contributed by atoms with Gasteiger partial charge in [0.05, 0.1) is 0 Å². The number of hydrogen-bond donors (Lipinski definition) is 3. The van der Waals surface area contributed by atoms with Crippen LogP contribution >= 0.6 is 0 Å². The normalized spacial score (nSPS) is 17.0. The molecule has 1 fully saturated rings. The van der Waals surface area contributed by atoms with Crippen LogP contribution in [0.5, 0.6) is 0 Å². The fraction of sp³-hybridized carbons (Fsp3) is 0.500. The highest BCUT2D eigenvalue weighted by Crippen LogP contribution is 2.27. The molecule has 0 heterocycles. The van der Waals surface area contributed by atoms with Crippen LogP contribution in [0.4, 0.5) is 10.5 Å². The Morgan fingerprint density at radius 1 is 1.19 bits per heavy atom. The van der Waals surface area contributed by atoms with Crippen LogP contribution in [-0.4, -0.2) is 23.1 Å². The molecule has 2 amide bonds. The summed E-state index contributed by atoms with van der Waals surface area (Å²) in [5.74, 6) is -0.183. The Morgan fingerprint density at radius 2 is 1.86 bits per heavy atom. The summed E-state index contributed by atoms with van der Waals surface area (Å²) in [5, 5.41) is 14.2. The fourth-order valence-electron chi connectivity index (χ4n) is 2.92. The molecule has 1 aliphatic carbocycles. The zero-order chi connectivity index (χ0) is 15.2. The first-order valence-corrected chi connectivity index (χ1v) is 7.44. The Kier molecular flexibility index (Phi) is 5.20. The van der Waals surface area contributed by atoms with Gasteiger partial charge >= 0.3 is 6.09 Å². The van der Waals surface area contributed by atoms with E-state index in [0.717, 1.165) is 43.4 Å². The van der Waals surface area contributed by atoms with E-state index in [0.29, 0.717) is 0 Å². The molecule has 0 spiro atoms. The fourth-order valence-corrected chi connectivity index (χ4v) is 2.92. The van der Waals surface area contributed by atoms with Crippen LogP contribution in [-0.2, 0) is 4.79 Å². The van der Waals surface area contributed by atoms with E-state index in [1.165, 1.54) is 0 Å². The van der Waals surface area contributed by atoms with Crippen molar-refractivity contribution in [3.05, 3.63) is 29.8 Å². The summed E-state index contributed by atoms with van der Waals surface area (Å²) < 4.78 is 0. The zero-order valence-corrected chi connectivity index (χ0v) is 12.3. The standard InChI is InChI=1S/C16H22N2O3/c1-11-7-5-6-10-13(11)17-15(19)14(18-16(20)21)12-8-3-2-4-9-12/h5-7,10,12,14,18H,2-4,8-9H2,1H3,(H,17,19)(H,20,21). The molecule has 1 saturated carbocycles. The molecule has 1 aromatic carbocycles. The molecule has 0 aromatic heterocycles. The molecular weight excluding hydrogens is 268 g/mol. The summed E-state index contributed by atoms with van der Waals surface area (Å²) in [5.41, 5.74) is 1.69. The highest BCUT2D eigenvalue weighted by Gasteiger charge is 2.31. The predicted octanol–water partition coefficient (Wildman–Crippen LogP) is 3.15. The average molecular weight is 290 g/mol. The van der Waals surface area contributed by atoms with Gasteiger partial charge in [0, 0.05) is 5.69 Å². The van der Waals surface area contributed by atoms with Gasteiger partial charge in [-0.3, -0.25) is 4.79 Å². The minimum Gasteiger partial charge on any atom is -0.465 e. The Hall–Kier alpha value is -2.04. The number of benzene rings is 1. The van der Waals surface area contributed by atoms with E-state index in [1.54, 1.807) is 0 Å².